The summed E-state index contributed by atoms with van der Waals surface area (Å²) in [5.74, 6) is -0.798. The smallest absolute Gasteiger partial charge is 0.337 e. The quantitative estimate of drug-likeness (QED) is 0.216. The molecule has 3 radical (unpaired) electrons. The minimum atomic E-state index is -1.49. The van der Waals surface area contributed by atoms with Crippen LogP contribution in [-0.4, -0.2) is 57.8 Å². The first-order valence-corrected chi connectivity index (χ1v) is 4.82. The number of rotatable bonds is 1. The zero-order valence-corrected chi connectivity index (χ0v) is 24.9. The molecule has 17 heavy (non-hydrogen) atoms. The summed E-state index contributed by atoms with van der Waals surface area (Å²) >= 11 is 2.91. The molecule has 0 bridgehead atoms. The number of carbonyl (C=O) groups is 1. The Morgan fingerprint density at radius 3 is 2.00 bits per heavy atom. The van der Waals surface area contributed by atoms with Crippen LogP contribution < -0.4 is 0 Å². The van der Waals surface area contributed by atoms with E-state index in [9.17, 15) is 20.1 Å². The fourth-order valence-corrected chi connectivity index (χ4v) is 1.69. The minimum absolute atomic E-state index is 0. The molecule has 0 aromatic heterocycles. The van der Waals surface area contributed by atoms with Crippen LogP contribution in [0.1, 0.15) is 0 Å². The van der Waals surface area contributed by atoms with Gasteiger partial charge in [0.2, 0.25) is 0 Å². The van der Waals surface area contributed by atoms with Crippen molar-refractivity contribution in [3.63, 3.8) is 0 Å². The monoisotopic (exact) mass is 951 g/mol. The normalized spacial score (nSPS) is 35.7. The molecule has 1 fully saturated rings. The molecule has 1 rings (SSSR count). The standard InChI is InChI=1S/C7H11BrO6.3Ac/c1-13-7(12)5-3(10)2(9)4(11)6(8)14-5;;;/h2-6,9-11H,1H3;;;. The van der Waals surface area contributed by atoms with E-state index >= 15 is 0 Å². The predicted molar refractivity (Wildman–Crippen MR) is 47.6 cm³/mol. The summed E-state index contributed by atoms with van der Waals surface area (Å²) in [6.45, 7) is 0. The van der Waals surface area contributed by atoms with Crippen LogP contribution >= 0.6 is 15.9 Å². The zero-order chi connectivity index (χ0) is 10.9. The van der Waals surface area contributed by atoms with Crippen molar-refractivity contribution in [1.29, 1.82) is 0 Å². The first kappa shape index (κ1) is 26.0. The number of carbonyl (C=O) groups excluding carboxylic acids is 1. The molecule has 6 nitrogen and oxygen atoms in total. The van der Waals surface area contributed by atoms with E-state index in [1.807, 2.05) is 0 Å². The van der Waals surface area contributed by atoms with Gasteiger partial charge in [-0.3, -0.25) is 0 Å². The third-order valence-corrected chi connectivity index (χ3v) is 2.75. The maximum Gasteiger partial charge on any atom is 0.337 e. The number of alkyl halides is 1. The van der Waals surface area contributed by atoms with Crippen LogP contribution in [-0.2, 0) is 14.3 Å². The van der Waals surface area contributed by atoms with Gasteiger partial charge in [0.05, 0.1) is 7.11 Å². The van der Waals surface area contributed by atoms with Gasteiger partial charge in [0.25, 0.3) is 0 Å². The van der Waals surface area contributed by atoms with Crippen molar-refractivity contribution in [1.82, 2.24) is 0 Å². The summed E-state index contributed by atoms with van der Waals surface area (Å²) in [6, 6.07) is 0. The van der Waals surface area contributed by atoms with Gasteiger partial charge in [0.1, 0.15) is 23.3 Å². The number of aliphatic hydroxyl groups is 3. The largest absolute Gasteiger partial charge is 0.467 e. The third-order valence-electron chi connectivity index (χ3n) is 1.99. The van der Waals surface area contributed by atoms with Crippen molar-refractivity contribution in [2.75, 3.05) is 7.11 Å². The van der Waals surface area contributed by atoms with E-state index in [0.717, 1.165) is 7.11 Å². The SMILES string of the molecule is COC(=O)C1OC(Br)C(O)C(O)C1O.[Ac].[Ac].[Ac]. The second-order valence-corrected chi connectivity index (χ2v) is 3.81. The molecule has 1 heterocycles. The summed E-state index contributed by atoms with van der Waals surface area (Å²) in [4.78, 5) is 11.1. The van der Waals surface area contributed by atoms with Crippen LogP contribution in [0.4, 0.5) is 0 Å². The molecular weight excluding hydrogens is 941 g/mol. The van der Waals surface area contributed by atoms with Crippen molar-refractivity contribution in [3.8, 4) is 0 Å². The van der Waals surface area contributed by atoms with Gasteiger partial charge in [-0.05, 0) is 0 Å². The van der Waals surface area contributed by atoms with E-state index in [1.165, 1.54) is 0 Å². The van der Waals surface area contributed by atoms with Crippen LogP contribution in [0.5, 0.6) is 0 Å². The molecule has 0 amide bonds. The molecule has 5 atom stereocenters. The first-order chi connectivity index (χ1) is 6.49. The maximum atomic E-state index is 11.1. The number of methoxy groups -OCH3 is 1. The van der Waals surface area contributed by atoms with E-state index in [0.29, 0.717) is 0 Å². The molecule has 3 N–H and O–H groups in total. The van der Waals surface area contributed by atoms with Crippen LogP contribution in [0.2, 0.25) is 0 Å². The fraction of sp³-hybridized carbons (Fsp3) is 0.857. The van der Waals surface area contributed by atoms with Crippen LogP contribution in [0.3, 0.4) is 0 Å². The molecule has 91 valence electrons. The minimum Gasteiger partial charge on any atom is -0.467 e. The average Bonchev–Trinajstić information content (AvgIpc) is 2.19. The Balaban J connectivity index is -0.000000653. The van der Waals surface area contributed by atoms with Crippen molar-refractivity contribution < 1.29 is 162 Å². The number of hydrogen-bond donors (Lipinski definition) is 3. The van der Waals surface area contributed by atoms with Gasteiger partial charge in [0.15, 0.2) is 6.10 Å². The topological polar surface area (TPSA) is 96.2 Å². The van der Waals surface area contributed by atoms with Crippen LogP contribution in [0.25, 0.3) is 0 Å². The van der Waals surface area contributed by atoms with Crippen molar-refractivity contribution in [3.05, 3.63) is 0 Å². The predicted octanol–water partition coefficient (Wildman–Crippen LogP) is -1.64. The second-order valence-electron chi connectivity index (χ2n) is 2.90. The van der Waals surface area contributed by atoms with E-state index < -0.39 is 35.4 Å². The van der Waals surface area contributed by atoms with Gasteiger partial charge in [-0.2, -0.15) is 0 Å². The van der Waals surface area contributed by atoms with Crippen molar-refractivity contribution in [2.45, 2.75) is 29.4 Å². The van der Waals surface area contributed by atoms with E-state index in [-0.39, 0.29) is 132 Å². The first-order valence-electron chi connectivity index (χ1n) is 3.90. The maximum absolute atomic E-state index is 11.1. The van der Waals surface area contributed by atoms with Gasteiger partial charge < -0.3 is 24.8 Å². The molecule has 10 heteroatoms. The van der Waals surface area contributed by atoms with E-state index in [2.05, 4.69) is 20.7 Å². The number of esters is 1. The zero-order valence-electron chi connectivity index (χ0n) is 9.06. The van der Waals surface area contributed by atoms with Crippen molar-refractivity contribution in [2.24, 2.45) is 0 Å². The van der Waals surface area contributed by atoms with Crippen LogP contribution in [0, 0.1) is 132 Å². The average molecular weight is 952 g/mol. The third kappa shape index (κ3) is 7.28. The van der Waals surface area contributed by atoms with Gasteiger partial charge in [-0.1, -0.05) is 15.9 Å². The molecule has 0 aromatic rings. The van der Waals surface area contributed by atoms with Crippen molar-refractivity contribution >= 4 is 21.9 Å². The van der Waals surface area contributed by atoms with E-state index in [1.54, 1.807) is 0 Å². The molecule has 1 aliphatic heterocycles. The summed E-state index contributed by atoms with van der Waals surface area (Å²) in [5, 5.41) is 27.0. The number of halogens is 1. The molecule has 0 aromatic carbocycles. The Morgan fingerprint density at radius 1 is 1.12 bits per heavy atom. The van der Waals surface area contributed by atoms with E-state index in [4.69, 9.17) is 4.74 Å². The molecule has 5 unspecified atom stereocenters. The molecule has 0 saturated carbocycles. The molecule has 0 aliphatic carbocycles. The molecule has 1 saturated heterocycles. The summed E-state index contributed by atoms with van der Waals surface area (Å²) in [5.41, 5.74) is 0. The Labute approximate surface area is 215 Å². The van der Waals surface area contributed by atoms with Gasteiger partial charge in [0, 0.05) is 132 Å². The number of aliphatic hydroxyl groups excluding tert-OH is 3. The van der Waals surface area contributed by atoms with Gasteiger partial charge in [-0.15, -0.1) is 0 Å². The Hall–Kier alpha value is 4.11. The summed E-state index contributed by atoms with van der Waals surface area (Å²) in [6.07, 6.45) is -5.52. The summed E-state index contributed by atoms with van der Waals surface area (Å²) < 4.78 is 9.27. The molecule has 1 aliphatic rings. The Morgan fingerprint density at radius 2 is 1.59 bits per heavy atom. The fourth-order valence-electron chi connectivity index (χ4n) is 1.15. The Kier molecular flexibility index (Phi) is 19.4. The van der Waals surface area contributed by atoms with Gasteiger partial charge >= 0.3 is 5.97 Å². The number of hydrogen-bond acceptors (Lipinski definition) is 6. The van der Waals surface area contributed by atoms with Gasteiger partial charge in [-0.25, -0.2) is 4.79 Å². The summed E-state index contributed by atoms with van der Waals surface area (Å²) in [7, 11) is 1.14. The number of ether oxygens (including phenoxy) is 2. The molecular formula is C7H11Ac3BrO6. The van der Waals surface area contributed by atoms with Crippen LogP contribution in [0.15, 0.2) is 0 Å². The molecule has 0 spiro atoms. The second kappa shape index (κ2) is 12.6. The Bertz CT molecular complexity index is 234.